The van der Waals surface area contributed by atoms with Crippen LogP contribution in [0.1, 0.15) is 25.3 Å². The predicted octanol–water partition coefficient (Wildman–Crippen LogP) is 2.36. The van der Waals surface area contributed by atoms with Crippen LogP contribution in [0.3, 0.4) is 0 Å². The highest BCUT2D eigenvalue weighted by molar-refractivity contribution is 6.08. The third kappa shape index (κ3) is 2.27. The van der Waals surface area contributed by atoms with Crippen molar-refractivity contribution in [3.63, 3.8) is 0 Å². The van der Waals surface area contributed by atoms with Crippen molar-refractivity contribution in [1.29, 1.82) is 0 Å². The number of nitrogens with one attached hydrogen (secondary N) is 2. The maximum atomic E-state index is 13.1. The summed E-state index contributed by atoms with van der Waals surface area (Å²) in [5, 5.41) is 8.39. The minimum absolute atomic E-state index is 0.0129. The number of carbonyl (C=O) groups is 2. The average molecular weight is 323 g/mol. The smallest absolute Gasteiger partial charge is 0.319 e. The largest absolute Gasteiger partial charge is 0.325 e. The third-order valence-corrected chi connectivity index (χ3v) is 5.22. The molecule has 5 heteroatoms. The monoisotopic (exact) mass is 323 g/mol. The van der Waals surface area contributed by atoms with E-state index in [0.717, 1.165) is 42.3 Å². The van der Waals surface area contributed by atoms with Crippen molar-refractivity contribution in [2.24, 2.45) is 0 Å². The Kier molecular flexibility index (Phi) is 3.53. The second-order valence-electron chi connectivity index (χ2n) is 6.77. The van der Waals surface area contributed by atoms with Crippen LogP contribution in [0.2, 0.25) is 0 Å². The third-order valence-electron chi connectivity index (χ3n) is 5.22. The van der Waals surface area contributed by atoms with Gasteiger partial charge in [-0.2, -0.15) is 0 Å². The van der Waals surface area contributed by atoms with Gasteiger partial charge in [-0.25, -0.2) is 4.79 Å². The molecule has 2 aliphatic rings. The summed E-state index contributed by atoms with van der Waals surface area (Å²) in [5.74, 6) is -0.144. The zero-order valence-electron chi connectivity index (χ0n) is 13.7. The van der Waals surface area contributed by atoms with Gasteiger partial charge in [-0.05, 0) is 55.3 Å². The predicted molar refractivity (Wildman–Crippen MR) is 92.6 cm³/mol. The number of imide groups is 1. The summed E-state index contributed by atoms with van der Waals surface area (Å²) in [5.41, 5.74) is -0.164. The number of carbonyl (C=O) groups excluding carboxylic acids is 2. The maximum Gasteiger partial charge on any atom is 0.325 e. The molecule has 124 valence electrons. The summed E-state index contributed by atoms with van der Waals surface area (Å²) in [6, 6.07) is 13.7. The molecule has 0 bridgehead atoms. The molecule has 2 aromatic rings. The Hall–Kier alpha value is -2.40. The fraction of sp³-hybridized carbons (Fsp3) is 0.368. The summed E-state index contributed by atoms with van der Waals surface area (Å²) in [4.78, 5) is 27.0. The Morgan fingerprint density at radius 2 is 1.75 bits per heavy atom. The van der Waals surface area contributed by atoms with E-state index in [1.54, 1.807) is 6.92 Å². The minimum atomic E-state index is -0.994. The number of amides is 3. The lowest BCUT2D eigenvalue weighted by Gasteiger charge is -2.30. The first kappa shape index (κ1) is 15.1. The molecule has 4 rings (SSSR count). The number of urea groups is 1. The van der Waals surface area contributed by atoms with E-state index in [1.165, 1.54) is 4.90 Å². The van der Waals surface area contributed by atoms with Gasteiger partial charge >= 0.3 is 6.03 Å². The highest BCUT2D eigenvalue weighted by atomic mass is 16.2. The van der Waals surface area contributed by atoms with Gasteiger partial charge in [0.2, 0.25) is 0 Å². The van der Waals surface area contributed by atoms with Crippen LogP contribution in [0.25, 0.3) is 10.8 Å². The Balaban J connectivity index is 1.70. The highest BCUT2D eigenvalue weighted by Gasteiger charge is 2.51. The van der Waals surface area contributed by atoms with Gasteiger partial charge in [0.25, 0.3) is 5.91 Å². The topological polar surface area (TPSA) is 61.4 Å². The fourth-order valence-electron chi connectivity index (χ4n) is 3.75. The van der Waals surface area contributed by atoms with Crippen molar-refractivity contribution in [2.45, 2.75) is 31.3 Å². The first-order valence-electron chi connectivity index (χ1n) is 8.45. The van der Waals surface area contributed by atoms with E-state index in [-0.39, 0.29) is 18.0 Å². The molecule has 2 aliphatic heterocycles. The Morgan fingerprint density at radius 1 is 1.04 bits per heavy atom. The molecule has 2 saturated heterocycles. The van der Waals surface area contributed by atoms with Crippen molar-refractivity contribution >= 4 is 22.7 Å². The molecule has 3 amide bonds. The number of nitrogens with zero attached hydrogens (tertiary/aromatic N) is 1. The SMILES string of the molecule is CC1(c2ccc3ccccc3c2)NC(=O)N(C2CCNCC2)C1=O. The van der Waals surface area contributed by atoms with E-state index < -0.39 is 5.54 Å². The second-order valence-corrected chi connectivity index (χ2v) is 6.77. The van der Waals surface area contributed by atoms with Crippen molar-refractivity contribution in [3.8, 4) is 0 Å². The fourth-order valence-corrected chi connectivity index (χ4v) is 3.75. The van der Waals surface area contributed by atoms with E-state index in [4.69, 9.17) is 0 Å². The van der Waals surface area contributed by atoms with E-state index in [1.807, 2.05) is 42.5 Å². The molecule has 0 aliphatic carbocycles. The molecule has 0 radical (unpaired) electrons. The normalized spacial score (nSPS) is 25.3. The van der Waals surface area contributed by atoms with Crippen molar-refractivity contribution in [3.05, 3.63) is 48.0 Å². The quantitative estimate of drug-likeness (QED) is 0.834. The molecule has 0 aromatic heterocycles. The van der Waals surface area contributed by atoms with Crippen molar-refractivity contribution in [2.75, 3.05) is 13.1 Å². The van der Waals surface area contributed by atoms with Gasteiger partial charge in [-0.3, -0.25) is 9.69 Å². The summed E-state index contributed by atoms with van der Waals surface area (Å²) in [6.07, 6.45) is 1.62. The summed E-state index contributed by atoms with van der Waals surface area (Å²) in [6.45, 7) is 3.49. The molecule has 1 unspecified atom stereocenters. The molecule has 0 spiro atoms. The molecule has 24 heavy (non-hydrogen) atoms. The van der Waals surface area contributed by atoms with Gasteiger partial charge < -0.3 is 10.6 Å². The van der Waals surface area contributed by atoms with E-state index >= 15 is 0 Å². The van der Waals surface area contributed by atoms with E-state index in [9.17, 15) is 9.59 Å². The zero-order chi connectivity index (χ0) is 16.7. The van der Waals surface area contributed by atoms with Crippen LogP contribution in [0.4, 0.5) is 4.79 Å². The molecule has 0 saturated carbocycles. The maximum absolute atomic E-state index is 13.1. The molecular weight excluding hydrogens is 302 g/mol. The van der Waals surface area contributed by atoms with Gasteiger partial charge in [0.1, 0.15) is 5.54 Å². The lowest BCUT2D eigenvalue weighted by molar-refractivity contribution is -0.133. The number of hydrogen-bond acceptors (Lipinski definition) is 3. The highest BCUT2D eigenvalue weighted by Crippen LogP contribution is 2.33. The van der Waals surface area contributed by atoms with Gasteiger partial charge in [-0.1, -0.05) is 36.4 Å². The zero-order valence-corrected chi connectivity index (χ0v) is 13.7. The van der Waals surface area contributed by atoms with Crippen molar-refractivity contribution < 1.29 is 9.59 Å². The van der Waals surface area contributed by atoms with Gasteiger partial charge in [-0.15, -0.1) is 0 Å². The van der Waals surface area contributed by atoms with Crippen LogP contribution < -0.4 is 10.6 Å². The standard InChI is InChI=1S/C19H21N3O2/c1-19(15-7-6-13-4-2-3-5-14(13)12-15)17(23)22(18(24)21-19)16-8-10-20-11-9-16/h2-7,12,16,20H,8-11H2,1H3,(H,21,24). The van der Waals surface area contributed by atoms with E-state index in [2.05, 4.69) is 10.6 Å². The summed E-state index contributed by atoms with van der Waals surface area (Å²) in [7, 11) is 0. The van der Waals surface area contributed by atoms with Crippen molar-refractivity contribution in [1.82, 2.24) is 15.5 Å². The summed E-state index contributed by atoms with van der Waals surface area (Å²) >= 11 is 0. The molecule has 2 fully saturated rings. The summed E-state index contributed by atoms with van der Waals surface area (Å²) < 4.78 is 0. The Bertz CT molecular complexity index is 813. The van der Waals surface area contributed by atoms with Crippen LogP contribution in [0.5, 0.6) is 0 Å². The van der Waals surface area contributed by atoms with Crippen LogP contribution >= 0.6 is 0 Å². The first-order chi connectivity index (χ1) is 11.6. The number of fused-ring (bicyclic) bond motifs is 1. The molecule has 2 heterocycles. The first-order valence-corrected chi connectivity index (χ1v) is 8.45. The molecular formula is C19H21N3O2. The van der Waals surface area contributed by atoms with Gasteiger partial charge in [0, 0.05) is 6.04 Å². The number of piperidine rings is 1. The van der Waals surface area contributed by atoms with Gasteiger partial charge in [0.15, 0.2) is 0 Å². The Labute approximate surface area is 141 Å². The van der Waals surface area contributed by atoms with Crippen LogP contribution in [-0.2, 0) is 10.3 Å². The number of hydrogen-bond donors (Lipinski definition) is 2. The lowest BCUT2D eigenvalue weighted by atomic mass is 9.89. The molecule has 2 N–H and O–H groups in total. The second kappa shape index (κ2) is 5.60. The number of rotatable bonds is 2. The van der Waals surface area contributed by atoms with Crippen LogP contribution in [-0.4, -0.2) is 36.0 Å². The molecule has 2 aromatic carbocycles. The molecule has 1 atom stereocenters. The average Bonchev–Trinajstić information content (AvgIpc) is 2.85. The number of benzene rings is 2. The van der Waals surface area contributed by atoms with Gasteiger partial charge in [0.05, 0.1) is 0 Å². The minimum Gasteiger partial charge on any atom is -0.319 e. The van der Waals surface area contributed by atoms with Crippen LogP contribution in [0.15, 0.2) is 42.5 Å². The molecule has 5 nitrogen and oxygen atoms in total. The Morgan fingerprint density at radius 3 is 2.50 bits per heavy atom. The lowest BCUT2D eigenvalue weighted by Crippen LogP contribution is -2.47. The van der Waals surface area contributed by atoms with E-state index in [0.29, 0.717) is 0 Å². The van der Waals surface area contributed by atoms with Crippen LogP contribution in [0, 0.1) is 0 Å².